The highest BCUT2D eigenvalue weighted by atomic mass is 16.6. The fraction of sp³-hybridized carbons (Fsp3) is 0.174. The molecule has 30 heavy (non-hydrogen) atoms. The van der Waals surface area contributed by atoms with Gasteiger partial charge in [0.2, 0.25) is 5.91 Å². The molecule has 0 heterocycles. The van der Waals surface area contributed by atoms with Crippen molar-refractivity contribution >= 4 is 17.3 Å². The van der Waals surface area contributed by atoms with Crippen LogP contribution in [0, 0.1) is 10.1 Å². The average molecular weight is 405 g/mol. The van der Waals surface area contributed by atoms with Gasteiger partial charge in [0, 0.05) is 6.07 Å². The van der Waals surface area contributed by atoms with Crippen molar-refractivity contribution in [1.82, 2.24) is 5.32 Å². The van der Waals surface area contributed by atoms with E-state index in [4.69, 9.17) is 4.74 Å². The Hall–Kier alpha value is -3.71. The molecule has 0 fully saturated rings. The molecule has 1 amide bonds. The van der Waals surface area contributed by atoms with Crippen LogP contribution in [0.25, 0.3) is 0 Å². The molecule has 0 saturated carbocycles. The summed E-state index contributed by atoms with van der Waals surface area (Å²) in [4.78, 5) is 23.3. The zero-order valence-corrected chi connectivity index (χ0v) is 16.7. The van der Waals surface area contributed by atoms with Crippen LogP contribution in [-0.2, 0) is 4.79 Å². The maximum atomic E-state index is 12.8. The minimum Gasteiger partial charge on any atom is -0.494 e. The van der Waals surface area contributed by atoms with Crippen molar-refractivity contribution in [3.8, 4) is 5.75 Å². The number of hydrogen-bond donors (Lipinski definition) is 2. The minimum absolute atomic E-state index is 0.107. The van der Waals surface area contributed by atoms with Gasteiger partial charge in [-0.15, -0.1) is 0 Å². The van der Waals surface area contributed by atoms with Crippen LogP contribution in [0.5, 0.6) is 5.75 Å². The molecular formula is C23H23N3O4. The molecule has 154 valence electrons. The molecule has 0 bridgehead atoms. The van der Waals surface area contributed by atoms with Crippen molar-refractivity contribution < 1.29 is 14.5 Å². The second-order valence-corrected chi connectivity index (χ2v) is 6.77. The first-order valence-corrected chi connectivity index (χ1v) is 9.49. The highest BCUT2D eigenvalue weighted by Gasteiger charge is 2.22. The number of carbonyl (C=O) groups excluding carboxylic acids is 1. The van der Waals surface area contributed by atoms with Crippen LogP contribution >= 0.6 is 0 Å². The third-order valence-corrected chi connectivity index (χ3v) is 4.73. The number of nitro benzene ring substituents is 1. The molecular weight excluding hydrogens is 382 g/mol. The molecule has 0 radical (unpaired) electrons. The van der Waals surface area contributed by atoms with Crippen LogP contribution in [0.1, 0.15) is 24.1 Å². The maximum absolute atomic E-state index is 12.8. The van der Waals surface area contributed by atoms with Gasteiger partial charge in [-0.05, 0) is 24.1 Å². The number of methoxy groups -OCH3 is 1. The van der Waals surface area contributed by atoms with Crippen LogP contribution in [0.2, 0.25) is 0 Å². The Labute approximate surface area is 174 Å². The van der Waals surface area contributed by atoms with Gasteiger partial charge in [0.15, 0.2) is 0 Å². The maximum Gasteiger partial charge on any atom is 0.273 e. The Morgan fingerprint density at radius 1 is 0.967 bits per heavy atom. The van der Waals surface area contributed by atoms with Crippen LogP contribution in [-0.4, -0.2) is 24.0 Å². The number of anilines is 1. The number of non-ortho nitro benzene ring substituents is 1. The number of rotatable bonds is 8. The van der Waals surface area contributed by atoms with Gasteiger partial charge in [-0.3, -0.25) is 20.2 Å². The molecule has 3 aromatic rings. The van der Waals surface area contributed by atoms with Crippen molar-refractivity contribution in [3.05, 3.63) is 100 Å². The smallest absolute Gasteiger partial charge is 0.273 e. The summed E-state index contributed by atoms with van der Waals surface area (Å²) in [7, 11) is 1.40. The fourth-order valence-electron chi connectivity index (χ4n) is 3.14. The lowest BCUT2D eigenvalue weighted by molar-refractivity contribution is -0.384. The van der Waals surface area contributed by atoms with Gasteiger partial charge in [-0.25, -0.2) is 0 Å². The number of amides is 1. The molecule has 2 N–H and O–H groups in total. The Morgan fingerprint density at radius 3 is 2.03 bits per heavy atom. The summed E-state index contributed by atoms with van der Waals surface area (Å²) in [5, 5.41) is 17.1. The van der Waals surface area contributed by atoms with Crippen molar-refractivity contribution in [2.75, 3.05) is 12.4 Å². The van der Waals surface area contributed by atoms with Gasteiger partial charge in [-0.2, -0.15) is 0 Å². The molecule has 0 aliphatic heterocycles. The number of carbonyl (C=O) groups is 1. The van der Waals surface area contributed by atoms with Crippen molar-refractivity contribution in [1.29, 1.82) is 0 Å². The summed E-state index contributed by atoms with van der Waals surface area (Å²) in [5.74, 6) is -0.0496. The van der Waals surface area contributed by atoms with E-state index in [0.29, 0.717) is 5.69 Å². The second kappa shape index (κ2) is 9.67. The van der Waals surface area contributed by atoms with E-state index < -0.39 is 11.0 Å². The second-order valence-electron chi connectivity index (χ2n) is 6.77. The molecule has 0 aliphatic carbocycles. The minimum atomic E-state index is -0.546. The topological polar surface area (TPSA) is 93.5 Å². The number of nitrogens with zero attached hydrogens (tertiary/aromatic N) is 1. The third kappa shape index (κ3) is 5.01. The summed E-state index contributed by atoms with van der Waals surface area (Å²) in [6.45, 7) is 1.77. The molecule has 3 rings (SSSR count). The van der Waals surface area contributed by atoms with Crippen molar-refractivity contribution in [2.45, 2.75) is 19.0 Å². The van der Waals surface area contributed by atoms with Gasteiger partial charge in [0.1, 0.15) is 5.75 Å². The molecule has 0 unspecified atom stereocenters. The molecule has 0 saturated heterocycles. The molecule has 7 heteroatoms. The number of nitrogens with one attached hydrogen (secondary N) is 2. The lowest BCUT2D eigenvalue weighted by Gasteiger charge is -2.24. The molecule has 0 aromatic heterocycles. The average Bonchev–Trinajstić information content (AvgIpc) is 2.78. The lowest BCUT2D eigenvalue weighted by Crippen LogP contribution is -2.40. The SMILES string of the molecule is COc1cc([N+](=O)[O-])ccc1NC(=O)[C@@H](C)NC(c1ccccc1)c1ccccc1. The van der Waals surface area contributed by atoms with Crippen molar-refractivity contribution in [3.63, 3.8) is 0 Å². The van der Waals surface area contributed by atoms with Gasteiger partial charge >= 0.3 is 0 Å². The monoisotopic (exact) mass is 405 g/mol. The largest absolute Gasteiger partial charge is 0.494 e. The summed E-state index contributed by atoms with van der Waals surface area (Å²) in [5.41, 5.74) is 2.34. The van der Waals surface area contributed by atoms with E-state index in [1.807, 2.05) is 60.7 Å². The van der Waals surface area contributed by atoms with E-state index in [-0.39, 0.29) is 23.4 Å². The van der Waals surface area contributed by atoms with E-state index in [1.165, 1.54) is 25.3 Å². The molecule has 7 nitrogen and oxygen atoms in total. The first-order chi connectivity index (χ1) is 14.5. The first kappa shape index (κ1) is 21.0. The zero-order valence-electron chi connectivity index (χ0n) is 16.7. The molecule has 0 spiro atoms. The highest BCUT2D eigenvalue weighted by Crippen LogP contribution is 2.29. The Morgan fingerprint density at radius 2 is 1.53 bits per heavy atom. The zero-order chi connectivity index (χ0) is 21.5. The van der Waals surface area contributed by atoms with Crippen LogP contribution in [0.15, 0.2) is 78.9 Å². The van der Waals surface area contributed by atoms with E-state index in [9.17, 15) is 14.9 Å². The summed E-state index contributed by atoms with van der Waals surface area (Å²) in [6.07, 6.45) is 0. The van der Waals surface area contributed by atoms with Crippen LogP contribution in [0.4, 0.5) is 11.4 Å². The molecule has 1 atom stereocenters. The van der Waals surface area contributed by atoms with E-state index in [0.717, 1.165) is 11.1 Å². The number of hydrogen-bond acceptors (Lipinski definition) is 5. The normalized spacial score (nSPS) is 11.7. The number of ether oxygens (including phenoxy) is 1. The Balaban J connectivity index is 1.79. The Bertz CT molecular complexity index is 970. The predicted molar refractivity (Wildman–Crippen MR) is 116 cm³/mol. The van der Waals surface area contributed by atoms with Gasteiger partial charge in [0.25, 0.3) is 5.69 Å². The fourth-order valence-corrected chi connectivity index (χ4v) is 3.14. The predicted octanol–water partition coefficient (Wildman–Crippen LogP) is 4.31. The molecule has 3 aromatic carbocycles. The number of benzene rings is 3. The van der Waals surface area contributed by atoms with E-state index >= 15 is 0 Å². The van der Waals surface area contributed by atoms with Gasteiger partial charge < -0.3 is 10.1 Å². The summed E-state index contributed by atoms with van der Waals surface area (Å²) >= 11 is 0. The van der Waals surface area contributed by atoms with Crippen LogP contribution < -0.4 is 15.4 Å². The molecule has 0 aliphatic rings. The van der Waals surface area contributed by atoms with Crippen LogP contribution in [0.3, 0.4) is 0 Å². The standard InChI is InChI=1S/C23H23N3O4/c1-16(23(27)25-20-14-13-19(26(28)29)15-21(20)30-2)24-22(17-9-5-3-6-10-17)18-11-7-4-8-12-18/h3-16,22,24H,1-2H3,(H,25,27)/t16-/m1/s1. The summed E-state index contributed by atoms with van der Waals surface area (Å²) < 4.78 is 5.20. The summed E-state index contributed by atoms with van der Waals surface area (Å²) in [6, 6.07) is 23.1. The van der Waals surface area contributed by atoms with Gasteiger partial charge in [0.05, 0.1) is 35.9 Å². The van der Waals surface area contributed by atoms with E-state index in [1.54, 1.807) is 6.92 Å². The lowest BCUT2D eigenvalue weighted by atomic mass is 9.98. The van der Waals surface area contributed by atoms with Gasteiger partial charge in [-0.1, -0.05) is 60.7 Å². The number of nitro groups is 1. The highest BCUT2D eigenvalue weighted by molar-refractivity contribution is 5.96. The van der Waals surface area contributed by atoms with E-state index in [2.05, 4.69) is 10.6 Å². The quantitative estimate of drug-likeness (QED) is 0.430. The first-order valence-electron chi connectivity index (χ1n) is 9.49. The Kier molecular flexibility index (Phi) is 6.77. The third-order valence-electron chi connectivity index (χ3n) is 4.73. The van der Waals surface area contributed by atoms with Crippen molar-refractivity contribution in [2.24, 2.45) is 0 Å².